The van der Waals surface area contributed by atoms with Gasteiger partial charge < -0.3 is 15.5 Å². The van der Waals surface area contributed by atoms with E-state index in [4.69, 9.17) is 0 Å². The van der Waals surface area contributed by atoms with Crippen molar-refractivity contribution in [2.75, 3.05) is 52.4 Å². The van der Waals surface area contributed by atoms with Crippen LogP contribution in [0.25, 0.3) is 0 Å². The van der Waals surface area contributed by atoms with Crippen molar-refractivity contribution in [1.29, 1.82) is 0 Å². The number of aliphatic imine (C=N–C) groups is 1. The molecule has 2 N–H and O–H groups in total. The first-order chi connectivity index (χ1) is 12.3. The minimum absolute atomic E-state index is 0. The van der Waals surface area contributed by atoms with Gasteiger partial charge in [-0.2, -0.15) is 0 Å². The summed E-state index contributed by atoms with van der Waals surface area (Å²) < 4.78 is 0. The van der Waals surface area contributed by atoms with Gasteiger partial charge in [-0.05, 0) is 38.8 Å². The number of rotatable bonds is 9. The first-order valence-corrected chi connectivity index (χ1v) is 9.82. The van der Waals surface area contributed by atoms with E-state index in [2.05, 4.69) is 69.6 Å². The van der Waals surface area contributed by atoms with Crippen LogP contribution in [0, 0.1) is 0 Å². The molecule has 0 aromatic heterocycles. The van der Waals surface area contributed by atoms with E-state index in [1.165, 1.54) is 44.7 Å². The molecule has 1 aliphatic heterocycles. The SMILES string of the molecule is CCNC(=NCCCCN1CCN(Cc2ccccc2)CC1)NCC.I. The first-order valence-electron chi connectivity index (χ1n) is 9.82. The minimum atomic E-state index is 0. The fourth-order valence-corrected chi connectivity index (χ4v) is 3.16. The highest BCUT2D eigenvalue weighted by molar-refractivity contribution is 14.0. The maximum absolute atomic E-state index is 4.61. The molecule has 0 saturated carbocycles. The third-order valence-corrected chi connectivity index (χ3v) is 4.55. The molecule has 0 bridgehead atoms. The van der Waals surface area contributed by atoms with Crippen LogP contribution in [0.3, 0.4) is 0 Å². The summed E-state index contributed by atoms with van der Waals surface area (Å²) in [5.74, 6) is 0.944. The van der Waals surface area contributed by atoms with Crippen LogP contribution in [0.4, 0.5) is 0 Å². The Hall–Kier alpha value is -0.860. The van der Waals surface area contributed by atoms with Crippen molar-refractivity contribution in [2.45, 2.75) is 33.2 Å². The van der Waals surface area contributed by atoms with Crippen LogP contribution >= 0.6 is 24.0 Å². The van der Waals surface area contributed by atoms with Crippen LogP contribution in [0.2, 0.25) is 0 Å². The molecule has 0 radical (unpaired) electrons. The maximum atomic E-state index is 4.61. The Balaban J connectivity index is 0.00000338. The molecule has 1 saturated heterocycles. The Kier molecular flexibility index (Phi) is 12.7. The number of benzene rings is 1. The van der Waals surface area contributed by atoms with Gasteiger partial charge in [0, 0.05) is 52.4 Å². The first kappa shape index (κ1) is 23.2. The van der Waals surface area contributed by atoms with E-state index in [-0.39, 0.29) is 24.0 Å². The van der Waals surface area contributed by atoms with E-state index in [1.54, 1.807) is 0 Å². The maximum Gasteiger partial charge on any atom is 0.191 e. The Morgan fingerprint density at radius 2 is 1.54 bits per heavy atom. The summed E-state index contributed by atoms with van der Waals surface area (Å²) in [6, 6.07) is 10.8. The van der Waals surface area contributed by atoms with Gasteiger partial charge in [-0.3, -0.25) is 9.89 Å². The Morgan fingerprint density at radius 3 is 2.15 bits per heavy atom. The zero-order chi connectivity index (χ0) is 17.7. The molecule has 1 aliphatic rings. The van der Waals surface area contributed by atoms with Crippen LogP contribution in [0.15, 0.2) is 35.3 Å². The number of piperazine rings is 1. The zero-order valence-electron chi connectivity index (χ0n) is 16.4. The number of unbranched alkanes of at least 4 members (excludes halogenated alkanes) is 1. The lowest BCUT2D eigenvalue weighted by Crippen LogP contribution is -2.46. The molecule has 1 aromatic carbocycles. The number of halogens is 1. The summed E-state index contributed by atoms with van der Waals surface area (Å²) in [5, 5.41) is 6.54. The molecule has 6 heteroatoms. The normalized spacial score (nSPS) is 15.2. The summed E-state index contributed by atoms with van der Waals surface area (Å²) in [6.45, 7) is 14.0. The molecule has 1 heterocycles. The number of guanidine groups is 1. The van der Waals surface area contributed by atoms with Crippen molar-refractivity contribution in [3.63, 3.8) is 0 Å². The topological polar surface area (TPSA) is 42.9 Å². The van der Waals surface area contributed by atoms with E-state index in [0.717, 1.165) is 38.6 Å². The fraction of sp³-hybridized carbons (Fsp3) is 0.650. The molecule has 2 rings (SSSR count). The van der Waals surface area contributed by atoms with Crippen LogP contribution in [-0.4, -0.2) is 68.1 Å². The summed E-state index contributed by atoms with van der Waals surface area (Å²) in [7, 11) is 0. The van der Waals surface area contributed by atoms with Crippen molar-refractivity contribution >= 4 is 29.9 Å². The highest BCUT2D eigenvalue weighted by atomic mass is 127. The van der Waals surface area contributed by atoms with E-state index in [0.29, 0.717) is 0 Å². The second kappa shape index (κ2) is 14.2. The molecule has 1 aromatic rings. The number of hydrogen-bond donors (Lipinski definition) is 2. The quantitative estimate of drug-likeness (QED) is 0.251. The van der Waals surface area contributed by atoms with E-state index in [1.807, 2.05) is 0 Å². The van der Waals surface area contributed by atoms with Gasteiger partial charge in [0.2, 0.25) is 0 Å². The van der Waals surface area contributed by atoms with Crippen LogP contribution in [0.1, 0.15) is 32.3 Å². The highest BCUT2D eigenvalue weighted by Crippen LogP contribution is 2.09. The van der Waals surface area contributed by atoms with Crippen LogP contribution in [0.5, 0.6) is 0 Å². The van der Waals surface area contributed by atoms with Crippen LogP contribution < -0.4 is 10.6 Å². The van der Waals surface area contributed by atoms with E-state index >= 15 is 0 Å². The number of nitrogens with one attached hydrogen (secondary N) is 2. The predicted octanol–water partition coefficient (Wildman–Crippen LogP) is 2.78. The Morgan fingerprint density at radius 1 is 0.923 bits per heavy atom. The standard InChI is InChI=1S/C20H35N5.HI/c1-3-21-20(22-4-2)23-12-8-9-13-24-14-16-25(17-15-24)18-19-10-6-5-7-11-19;/h5-7,10-11H,3-4,8-9,12-18H2,1-2H3,(H2,21,22,23);1H. The largest absolute Gasteiger partial charge is 0.357 e. The van der Waals surface area contributed by atoms with Crippen molar-refractivity contribution < 1.29 is 0 Å². The van der Waals surface area contributed by atoms with Gasteiger partial charge in [0.15, 0.2) is 5.96 Å². The molecule has 0 atom stereocenters. The predicted molar refractivity (Wildman–Crippen MR) is 122 cm³/mol. The lowest BCUT2D eigenvalue weighted by Gasteiger charge is -2.34. The molecule has 0 unspecified atom stereocenters. The Labute approximate surface area is 176 Å². The van der Waals surface area contributed by atoms with E-state index < -0.39 is 0 Å². The average molecular weight is 473 g/mol. The third kappa shape index (κ3) is 9.19. The fourth-order valence-electron chi connectivity index (χ4n) is 3.16. The monoisotopic (exact) mass is 473 g/mol. The van der Waals surface area contributed by atoms with Gasteiger partial charge in [0.25, 0.3) is 0 Å². The van der Waals surface area contributed by atoms with Gasteiger partial charge >= 0.3 is 0 Å². The second-order valence-corrected chi connectivity index (χ2v) is 6.60. The molecule has 148 valence electrons. The lowest BCUT2D eigenvalue weighted by atomic mass is 10.2. The molecule has 0 aliphatic carbocycles. The zero-order valence-corrected chi connectivity index (χ0v) is 18.7. The van der Waals surface area contributed by atoms with Crippen LogP contribution in [-0.2, 0) is 6.54 Å². The minimum Gasteiger partial charge on any atom is -0.357 e. The summed E-state index contributed by atoms with van der Waals surface area (Å²) in [5.41, 5.74) is 1.42. The van der Waals surface area contributed by atoms with Gasteiger partial charge in [-0.25, -0.2) is 0 Å². The average Bonchev–Trinajstić information content (AvgIpc) is 2.64. The van der Waals surface area contributed by atoms with Gasteiger partial charge in [-0.15, -0.1) is 24.0 Å². The Bertz CT molecular complexity index is 478. The van der Waals surface area contributed by atoms with Crippen molar-refractivity contribution in [1.82, 2.24) is 20.4 Å². The number of nitrogens with zero attached hydrogens (tertiary/aromatic N) is 3. The molecule has 0 amide bonds. The third-order valence-electron chi connectivity index (χ3n) is 4.55. The van der Waals surface area contributed by atoms with Crippen molar-refractivity contribution in [3.05, 3.63) is 35.9 Å². The summed E-state index contributed by atoms with van der Waals surface area (Å²) in [6.07, 6.45) is 2.39. The molecular formula is C20H36IN5. The van der Waals surface area contributed by atoms with Gasteiger partial charge in [0.1, 0.15) is 0 Å². The van der Waals surface area contributed by atoms with Crippen molar-refractivity contribution in [3.8, 4) is 0 Å². The molecular weight excluding hydrogens is 437 g/mol. The highest BCUT2D eigenvalue weighted by Gasteiger charge is 2.16. The van der Waals surface area contributed by atoms with E-state index in [9.17, 15) is 0 Å². The summed E-state index contributed by atoms with van der Waals surface area (Å²) >= 11 is 0. The summed E-state index contributed by atoms with van der Waals surface area (Å²) in [4.78, 5) is 9.78. The van der Waals surface area contributed by atoms with Gasteiger partial charge in [-0.1, -0.05) is 30.3 Å². The molecule has 1 fully saturated rings. The lowest BCUT2D eigenvalue weighted by molar-refractivity contribution is 0.126. The van der Waals surface area contributed by atoms with Crippen molar-refractivity contribution in [2.24, 2.45) is 4.99 Å². The molecule has 26 heavy (non-hydrogen) atoms. The second-order valence-electron chi connectivity index (χ2n) is 6.60. The smallest absolute Gasteiger partial charge is 0.191 e. The molecule has 0 spiro atoms. The number of hydrogen-bond acceptors (Lipinski definition) is 3. The van der Waals surface area contributed by atoms with Gasteiger partial charge in [0.05, 0.1) is 0 Å². The molecule has 5 nitrogen and oxygen atoms in total.